The highest BCUT2D eigenvalue weighted by Gasteiger charge is 2.15. The van der Waals surface area contributed by atoms with Gasteiger partial charge in [0.25, 0.3) is 5.91 Å². The molecule has 0 heterocycles. The fourth-order valence-electron chi connectivity index (χ4n) is 2.14. The van der Waals surface area contributed by atoms with Gasteiger partial charge in [-0.1, -0.05) is 0 Å². The molecule has 3 N–H and O–H groups in total. The number of aliphatic hydroxyl groups is 1. The highest BCUT2D eigenvalue weighted by Crippen LogP contribution is 2.18. The Morgan fingerprint density at radius 1 is 1.11 bits per heavy atom. The summed E-state index contributed by atoms with van der Waals surface area (Å²) in [7, 11) is 0. The predicted octanol–water partition coefficient (Wildman–Crippen LogP) is 3.40. The van der Waals surface area contributed by atoms with Gasteiger partial charge in [-0.3, -0.25) is 9.59 Å². The number of anilines is 1. The van der Waals surface area contributed by atoms with E-state index in [0.717, 1.165) is 12.8 Å². The Kier molecular flexibility index (Phi) is 9.59. The number of carbonyl (C=O) groups excluding carboxylic acids is 1. The maximum atomic E-state index is 12.1. The Balaban J connectivity index is 2.49. The lowest BCUT2D eigenvalue weighted by Gasteiger charge is -2.08. The van der Waals surface area contributed by atoms with Gasteiger partial charge in [-0.25, -0.2) is 0 Å². The molecule has 1 amide bonds. The van der Waals surface area contributed by atoms with Gasteiger partial charge in [0.1, 0.15) is 17.6 Å². The smallest absolute Gasteiger partial charge is 0.303 e. The molecule has 27 heavy (non-hydrogen) atoms. The molecule has 0 spiro atoms. The predicted molar refractivity (Wildman–Crippen MR) is 100 cm³/mol. The standard InChI is InChI=1S/C20H22N2O5/c1-2-3-7-18(23)17(14-21)20(26)22-15-9-11-16(12-10-15)27-13-6-4-5-8-19(24)25/h1,9-12,23H,3-8,13H2,(H,22,26)(H,24,25). The summed E-state index contributed by atoms with van der Waals surface area (Å²) < 4.78 is 5.54. The fourth-order valence-corrected chi connectivity index (χ4v) is 2.14. The van der Waals surface area contributed by atoms with E-state index in [0.29, 0.717) is 24.5 Å². The van der Waals surface area contributed by atoms with Crippen LogP contribution in [0, 0.1) is 23.7 Å². The molecule has 0 unspecified atom stereocenters. The molecule has 142 valence electrons. The van der Waals surface area contributed by atoms with E-state index in [-0.39, 0.29) is 30.6 Å². The van der Waals surface area contributed by atoms with E-state index in [1.165, 1.54) is 0 Å². The number of nitrogens with zero attached hydrogens (tertiary/aromatic N) is 1. The van der Waals surface area contributed by atoms with Crippen LogP contribution in [-0.2, 0) is 9.59 Å². The number of benzene rings is 1. The number of aliphatic hydroxyl groups excluding tert-OH is 1. The molecule has 0 saturated heterocycles. The largest absolute Gasteiger partial charge is 0.511 e. The molecule has 0 aliphatic carbocycles. The number of unbranched alkanes of at least 4 members (excludes halogenated alkanes) is 2. The van der Waals surface area contributed by atoms with Crippen LogP contribution in [0.5, 0.6) is 5.75 Å². The van der Waals surface area contributed by atoms with Crippen molar-refractivity contribution in [1.82, 2.24) is 0 Å². The van der Waals surface area contributed by atoms with Crippen LogP contribution < -0.4 is 10.1 Å². The number of carbonyl (C=O) groups is 2. The zero-order valence-electron chi connectivity index (χ0n) is 14.9. The first-order valence-corrected chi connectivity index (χ1v) is 8.49. The van der Waals surface area contributed by atoms with E-state index in [9.17, 15) is 14.7 Å². The lowest BCUT2D eigenvalue weighted by atomic mass is 10.1. The Morgan fingerprint density at radius 3 is 2.41 bits per heavy atom. The molecule has 0 radical (unpaired) electrons. The molecule has 0 atom stereocenters. The van der Waals surface area contributed by atoms with E-state index in [2.05, 4.69) is 11.2 Å². The van der Waals surface area contributed by atoms with Crippen LogP contribution in [0.3, 0.4) is 0 Å². The van der Waals surface area contributed by atoms with Crippen molar-refractivity contribution >= 4 is 17.6 Å². The molecule has 0 aromatic heterocycles. The van der Waals surface area contributed by atoms with Gasteiger partial charge in [-0.2, -0.15) is 5.26 Å². The average Bonchev–Trinajstić information content (AvgIpc) is 2.64. The summed E-state index contributed by atoms with van der Waals surface area (Å²) in [6.07, 6.45) is 7.69. The number of nitrogens with one attached hydrogen (secondary N) is 1. The first kappa shape index (κ1) is 21.6. The number of amides is 1. The van der Waals surface area contributed by atoms with Crippen molar-refractivity contribution < 1.29 is 24.5 Å². The van der Waals surface area contributed by atoms with Crippen molar-refractivity contribution in [2.45, 2.75) is 38.5 Å². The van der Waals surface area contributed by atoms with Crippen molar-refractivity contribution in [3.05, 3.63) is 35.6 Å². The monoisotopic (exact) mass is 370 g/mol. The van der Waals surface area contributed by atoms with Crippen LogP contribution in [0.2, 0.25) is 0 Å². The first-order valence-electron chi connectivity index (χ1n) is 8.49. The lowest BCUT2D eigenvalue weighted by Crippen LogP contribution is -2.15. The number of ether oxygens (including phenoxy) is 1. The third-order valence-electron chi connectivity index (χ3n) is 3.55. The van der Waals surface area contributed by atoms with Crippen molar-refractivity contribution in [2.75, 3.05) is 11.9 Å². The number of carboxylic acids is 1. The van der Waals surface area contributed by atoms with Gasteiger partial charge in [0.05, 0.1) is 6.61 Å². The zero-order valence-corrected chi connectivity index (χ0v) is 14.9. The number of hydrogen-bond acceptors (Lipinski definition) is 5. The molecule has 0 saturated carbocycles. The molecule has 0 fully saturated rings. The van der Waals surface area contributed by atoms with E-state index in [1.54, 1.807) is 30.3 Å². The van der Waals surface area contributed by atoms with Crippen LogP contribution in [0.15, 0.2) is 35.6 Å². The van der Waals surface area contributed by atoms with Crippen molar-refractivity contribution in [3.8, 4) is 24.2 Å². The van der Waals surface area contributed by atoms with Crippen LogP contribution in [0.25, 0.3) is 0 Å². The van der Waals surface area contributed by atoms with E-state index in [4.69, 9.17) is 21.5 Å². The number of aliphatic carboxylic acids is 1. The molecule has 0 bridgehead atoms. The quantitative estimate of drug-likeness (QED) is 0.181. The van der Waals surface area contributed by atoms with Crippen molar-refractivity contribution in [3.63, 3.8) is 0 Å². The maximum Gasteiger partial charge on any atom is 0.303 e. The minimum Gasteiger partial charge on any atom is -0.511 e. The van der Waals surface area contributed by atoms with E-state index < -0.39 is 11.9 Å². The number of hydrogen-bond donors (Lipinski definition) is 3. The van der Waals surface area contributed by atoms with E-state index in [1.807, 2.05) is 0 Å². The second-order valence-corrected chi connectivity index (χ2v) is 5.67. The normalized spacial score (nSPS) is 10.9. The summed E-state index contributed by atoms with van der Waals surface area (Å²) in [6, 6.07) is 8.25. The third-order valence-corrected chi connectivity index (χ3v) is 3.55. The molecule has 1 rings (SSSR count). The molecular formula is C20H22N2O5. The van der Waals surface area contributed by atoms with Gasteiger partial charge in [0, 0.05) is 24.9 Å². The minimum atomic E-state index is -0.799. The molecule has 0 aliphatic rings. The minimum absolute atomic E-state index is 0.0616. The maximum absolute atomic E-state index is 12.1. The van der Waals surface area contributed by atoms with Gasteiger partial charge >= 0.3 is 5.97 Å². The zero-order chi connectivity index (χ0) is 20.1. The van der Waals surface area contributed by atoms with Crippen LogP contribution in [0.1, 0.15) is 38.5 Å². The third kappa shape index (κ3) is 8.46. The Hall–Kier alpha value is -3.45. The summed E-state index contributed by atoms with van der Waals surface area (Å²) in [5, 5.41) is 29.9. The number of allylic oxidation sites excluding steroid dienone is 1. The summed E-state index contributed by atoms with van der Waals surface area (Å²) >= 11 is 0. The average molecular weight is 370 g/mol. The Bertz CT molecular complexity index is 754. The number of nitriles is 1. The number of rotatable bonds is 11. The van der Waals surface area contributed by atoms with Gasteiger partial charge in [-0.15, -0.1) is 12.3 Å². The summed E-state index contributed by atoms with van der Waals surface area (Å²) in [5.74, 6) is 1.10. The van der Waals surface area contributed by atoms with Gasteiger partial charge in [0.2, 0.25) is 0 Å². The molecule has 1 aromatic carbocycles. The summed E-state index contributed by atoms with van der Waals surface area (Å²) in [5.41, 5.74) is 0.0817. The fraction of sp³-hybridized carbons (Fsp3) is 0.350. The van der Waals surface area contributed by atoms with Crippen LogP contribution in [0.4, 0.5) is 5.69 Å². The molecule has 0 aliphatic heterocycles. The molecular weight excluding hydrogens is 348 g/mol. The van der Waals surface area contributed by atoms with Gasteiger partial charge < -0.3 is 20.3 Å². The van der Waals surface area contributed by atoms with Crippen molar-refractivity contribution in [1.29, 1.82) is 5.26 Å². The number of carboxylic acid groups (broad SMARTS) is 1. The van der Waals surface area contributed by atoms with Gasteiger partial charge in [0.15, 0.2) is 5.57 Å². The van der Waals surface area contributed by atoms with Crippen molar-refractivity contribution in [2.24, 2.45) is 0 Å². The molecule has 7 heteroatoms. The van der Waals surface area contributed by atoms with E-state index >= 15 is 0 Å². The molecule has 1 aromatic rings. The Morgan fingerprint density at radius 2 is 1.81 bits per heavy atom. The van der Waals surface area contributed by atoms with Gasteiger partial charge in [-0.05, 0) is 43.5 Å². The topological polar surface area (TPSA) is 120 Å². The summed E-state index contributed by atoms with van der Waals surface area (Å²) in [6.45, 7) is 0.468. The second-order valence-electron chi connectivity index (χ2n) is 5.67. The van der Waals surface area contributed by atoms with Crippen LogP contribution >= 0.6 is 0 Å². The second kappa shape index (κ2) is 12.0. The highest BCUT2D eigenvalue weighted by atomic mass is 16.5. The SMILES string of the molecule is C#CCCC(O)=C(C#N)C(=O)Nc1ccc(OCCCCCC(=O)O)cc1. The first-order chi connectivity index (χ1) is 13.0. The number of terminal acetylenes is 1. The highest BCUT2D eigenvalue weighted by molar-refractivity contribution is 6.06. The lowest BCUT2D eigenvalue weighted by molar-refractivity contribution is -0.137. The Labute approximate surface area is 158 Å². The summed E-state index contributed by atoms with van der Waals surface area (Å²) in [4.78, 5) is 22.5. The molecule has 7 nitrogen and oxygen atoms in total. The van der Waals surface area contributed by atoms with Crippen LogP contribution in [-0.4, -0.2) is 28.7 Å².